The molecule has 0 aromatic heterocycles. The minimum atomic E-state index is -4.35. The molecule has 0 aliphatic rings. The summed E-state index contributed by atoms with van der Waals surface area (Å²) in [4.78, 5) is 23.4. The molecule has 3 unspecified atom stereocenters. The molecule has 0 saturated carbocycles. The van der Waals surface area contributed by atoms with Crippen LogP contribution >= 0.6 is 7.82 Å². The summed E-state index contributed by atoms with van der Waals surface area (Å²) >= 11 is 0. The van der Waals surface area contributed by atoms with Gasteiger partial charge in [0.05, 0.1) is 39.9 Å². The van der Waals surface area contributed by atoms with E-state index in [4.69, 9.17) is 9.05 Å². The smallest absolute Gasteiger partial charge is 0.387 e. The molecule has 0 spiro atoms. The van der Waals surface area contributed by atoms with Gasteiger partial charge in [-0.3, -0.25) is 13.8 Å². The zero-order valence-corrected chi connectivity index (χ0v) is 58.3. The fourth-order valence-corrected chi connectivity index (χ4v) is 12.0. The second kappa shape index (κ2) is 66.6. The van der Waals surface area contributed by atoms with E-state index in [1.807, 2.05) is 27.2 Å². The lowest BCUT2D eigenvalue weighted by molar-refractivity contribution is -0.870. The molecule has 1 amide bonds. The van der Waals surface area contributed by atoms with Crippen molar-refractivity contribution in [1.82, 2.24) is 5.32 Å². The van der Waals surface area contributed by atoms with Crippen LogP contribution in [0.5, 0.6) is 0 Å². The Kier molecular flexibility index (Phi) is 65.2. The molecule has 0 bridgehead atoms. The van der Waals surface area contributed by atoms with Gasteiger partial charge in [0, 0.05) is 6.42 Å². The molecule has 3 N–H and O–H groups in total. The molecule has 8 nitrogen and oxygen atoms in total. The average molecular weight is 1210 g/mol. The van der Waals surface area contributed by atoms with Crippen molar-refractivity contribution in [3.63, 3.8) is 0 Å². The van der Waals surface area contributed by atoms with Crippen LogP contribution < -0.4 is 5.32 Å². The summed E-state index contributed by atoms with van der Waals surface area (Å²) in [5.74, 6) is -0.169. The summed E-state index contributed by atoms with van der Waals surface area (Å²) < 4.78 is 23.8. The average Bonchev–Trinajstić information content (AvgIpc) is 3.49. The summed E-state index contributed by atoms with van der Waals surface area (Å²) in [7, 11) is 1.59. The Bertz CT molecular complexity index is 1570. The highest BCUT2D eigenvalue weighted by Crippen LogP contribution is 2.43. The van der Waals surface area contributed by atoms with Gasteiger partial charge in [0.2, 0.25) is 5.91 Å². The van der Waals surface area contributed by atoms with Gasteiger partial charge in [-0.1, -0.05) is 364 Å². The molecule has 85 heavy (non-hydrogen) atoms. The Balaban J connectivity index is 3.94. The van der Waals surface area contributed by atoms with E-state index in [0.29, 0.717) is 17.4 Å². The minimum Gasteiger partial charge on any atom is -0.387 e. The summed E-state index contributed by atoms with van der Waals surface area (Å²) in [6, 6.07) is -0.847. The van der Waals surface area contributed by atoms with E-state index in [-0.39, 0.29) is 19.1 Å². The number of rotatable bonds is 69. The van der Waals surface area contributed by atoms with Gasteiger partial charge in [-0.2, -0.15) is 0 Å². The zero-order valence-electron chi connectivity index (χ0n) is 57.4. The first-order valence-electron chi connectivity index (χ1n) is 37.2. The third kappa shape index (κ3) is 69.5. The molecule has 0 aromatic carbocycles. The third-order valence-electron chi connectivity index (χ3n) is 17.0. The van der Waals surface area contributed by atoms with Gasteiger partial charge in [-0.25, -0.2) is 4.57 Å². The standard InChI is InChI=1S/C76H145N2O6P/c1-6-8-10-12-14-16-18-20-22-24-26-28-30-32-33-34-35-36-37-38-39-40-41-42-43-44-45-46-48-50-52-54-56-58-60-62-64-66-68-70-76(80)77-74(73-84-85(81,82)83-72-71-78(3,4)5)75(79)69-67-65-63-61-59-57-55-53-51-49-47-31-29-27-25-23-21-19-17-15-13-11-9-7-2/h8,10,14,16,20,22,26,28,67,69,74-75,79H,6-7,9,11-13,15,17-19,21,23-25,27,29-66,68,70-73H2,1-5H3,(H-,77,80,81,82)/p+1/b10-8-,16-14-,22-20-,28-26-,69-67+. The van der Waals surface area contributed by atoms with Crippen LogP contribution in [0.1, 0.15) is 367 Å². The maximum atomic E-state index is 13.1. The van der Waals surface area contributed by atoms with Crippen molar-refractivity contribution in [3.8, 4) is 0 Å². The maximum absolute atomic E-state index is 13.1. The lowest BCUT2D eigenvalue weighted by Crippen LogP contribution is -2.45. The van der Waals surface area contributed by atoms with Crippen molar-refractivity contribution in [2.75, 3.05) is 40.9 Å². The number of carbonyl (C=O) groups is 1. The van der Waals surface area contributed by atoms with E-state index < -0.39 is 20.0 Å². The fourth-order valence-electron chi connectivity index (χ4n) is 11.3. The number of nitrogens with one attached hydrogen (secondary N) is 1. The molecule has 0 aromatic rings. The predicted molar refractivity (Wildman–Crippen MR) is 374 cm³/mol. The van der Waals surface area contributed by atoms with Crippen LogP contribution in [0.25, 0.3) is 0 Å². The highest BCUT2D eigenvalue weighted by atomic mass is 31.2. The first kappa shape index (κ1) is 83.2. The number of quaternary nitrogens is 1. The number of aliphatic hydroxyl groups is 1. The Morgan fingerprint density at radius 3 is 1.04 bits per heavy atom. The quantitative estimate of drug-likeness (QED) is 0.0243. The normalized spacial score (nSPS) is 13.9. The van der Waals surface area contributed by atoms with E-state index in [2.05, 4.69) is 67.8 Å². The predicted octanol–water partition coefficient (Wildman–Crippen LogP) is 23.9. The van der Waals surface area contributed by atoms with Gasteiger partial charge in [-0.15, -0.1) is 0 Å². The highest BCUT2D eigenvalue weighted by Gasteiger charge is 2.28. The Morgan fingerprint density at radius 2 is 0.706 bits per heavy atom. The number of unbranched alkanes of at least 4 members (excludes halogenated alkanes) is 48. The summed E-state index contributed by atoms with van der Waals surface area (Å²) in [6.45, 7) is 4.76. The van der Waals surface area contributed by atoms with Crippen LogP contribution in [-0.4, -0.2) is 73.4 Å². The van der Waals surface area contributed by atoms with Crippen LogP contribution in [0.2, 0.25) is 0 Å². The molecule has 0 aliphatic carbocycles. The monoisotopic (exact) mass is 1210 g/mol. The minimum absolute atomic E-state index is 0.0632. The number of hydrogen-bond donors (Lipinski definition) is 3. The fraction of sp³-hybridized carbons (Fsp3) is 0.855. The topological polar surface area (TPSA) is 105 Å². The van der Waals surface area contributed by atoms with Crippen molar-refractivity contribution in [2.45, 2.75) is 379 Å². The van der Waals surface area contributed by atoms with Gasteiger partial charge >= 0.3 is 7.82 Å². The van der Waals surface area contributed by atoms with E-state index in [9.17, 15) is 19.4 Å². The lowest BCUT2D eigenvalue weighted by atomic mass is 10.0. The van der Waals surface area contributed by atoms with E-state index in [1.54, 1.807) is 6.08 Å². The van der Waals surface area contributed by atoms with Gasteiger partial charge in [-0.05, 0) is 57.8 Å². The number of phosphoric ester groups is 1. The first-order valence-corrected chi connectivity index (χ1v) is 38.7. The summed E-state index contributed by atoms with van der Waals surface area (Å²) in [5, 5.41) is 14.0. The molecule has 0 rings (SSSR count). The number of hydrogen-bond acceptors (Lipinski definition) is 5. The van der Waals surface area contributed by atoms with Crippen LogP contribution in [0.15, 0.2) is 60.8 Å². The lowest BCUT2D eigenvalue weighted by Gasteiger charge is -2.25. The van der Waals surface area contributed by atoms with Crippen LogP contribution in [0, 0.1) is 0 Å². The van der Waals surface area contributed by atoms with Gasteiger partial charge in [0.1, 0.15) is 13.2 Å². The number of aliphatic hydroxyl groups excluding tert-OH is 1. The molecule has 0 heterocycles. The second-order valence-corrected chi connectivity index (χ2v) is 28.1. The van der Waals surface area contributed by atoms with Crippen LogP contribution in [0.3, 0.4) is 0 Å². The number of allylic oxidation sites excluding steroid dienone is 9. The van der Waals surface area contributed by atoms with E-state index in [0.717, 1.165) is 57.8 Å². The summed E-state index contributed by atoms with van der Waals surface area (Å²) in [5.41, 5.74) is 0. The first-order chi connectivity index (χ1) is 41.5. The molecule has 0 radical (unpaired) electrons. The maximum Gasteiger partial charge on any atom is 0.472 e. The summed E-state index contributed by atoms with van der Waals surface area (Å²) in [6.07, 6.45) is 92.5. The SMILES string of the molecule is CC/C=C\C/C=C\C/C=C\C/C=C\CCCCCCCCCCCCCCCCCCCCCCCCCCCCC(=O)NC(COP(=O)(O)OCC[N+](C)(C)C)C(O)/C=C/CCCCCCCCCCCCCCCCCCCCCCCC. The number of likely N-dealkylation sites (N-methyl/N-ethyl adjacent to an activating group) is 1. The molecule has 500 valence electrons. The van der Waals surface area contributed by atoms with Crippen molar-refractivity contribution in [3.05, 3.63) is 60.8 Å². The van der Waals surface area contributed by atoms with Gasteiger partial charge < -0.3 is 19.8 Å². The number of nitrogens with zero attached hydrogens (tertiary/aromatic N) is 1. The van der Waals surface area contributed by atoms with Crippen molar-refractivity contribution in [1.29, 1.82) is 0 Å². The van der Waals surface area contributed by atoms with Crippen molar-refractivity contribution >= 4 is 13.7 Å². The molecule has 0 fully saturated rings. The number of amides is 1. The molecule has 3 atom stereocenters. The van der Waals surface area contributed by atoms with Crippen LogP contribution in [-0.2, 0) is 18.4 Å². The number of carbonyl (C=O) groups excluding carboxylic acids is 1. The Hall–Kier alpha value is -1.80. The largest absolute Gasteiger partial charge is 0.472 e. The van der Waals surface area contributed by atoms with E-state index >= 15 is 0 Å². The second-order valence-electron chi connectivity index (χ2n) is 26.6. The highest BCUT2D eigenvalue weighted by molar-refractivity contribution is 7.47. The molecule has 0 aliphatic heterocycles. The van der Waals surface area contributed by atoms with Gasteiger partial charge in [0.25, 0.3) is 0 Å². The zero-order chi connectivity index (χ0) is 61.9. The van der Waals surface area contributed by atoms with Crippen LogP contribution in [0.4, 0.5) is 0 Å². The van der Waals surface area contributed by atoms with Gasteiger partial charge in [0.15, 0.2) is 0 Å². The van der Waals surface area contributed by atoms with Crippen molar-refractivity contribution < 1.29 is 32.9 Å². The Morgan fingerprint density at radius 1 is 0.412 bits per heavy atom. The third-order valence-corrected chi connectivity index (χ3v) is 18.0. The van der Waals surface area contributed by atoms with Crippen molar-refractivity contribution in [2.24, 2.45) is 0 Å². The molecular weight excluding hydrogens is 1070 g/mol. The molecular formula is C76H146N2O6P+. The Labute approximate surface area is 530 Å². The number of phosphoric acid groups is 1. The van der Waals surface area contributed by atoms with E-state index in [1.165, 1.54) is 289 Å². The molecule has 0 saturated heterocycles. The molecule has 9 heteroatoms.